The molecule has 4 heteroatoms. The zero-order valence-corrected chi connectivity index (χ0v) is 10.9. The maximum Gasteiger partial charge on any atom is 0.0663 e. The van der Waals surface area contributed by atoms with E-state index in [1.165, 1.54) is 17.7 Å². The van der Waals surface area contributed by atoms with Crippen LogP contribution in [0, 0.1) is 0 Å². The fourth-order valence-corrected chi connectivity index (χ4v) is 3.44. The highest BCUT2D eigenvalue weighted by atomic mass is 32.1. The molecule has 0 radical (unpaired) electrons. The zero-order valence-electron chi connectivity index (χ0n) is 10.1. The van der Waals surface area contributed by atoms with Crippen LogP contribution in [0.5, 0.6) is 0 Å². The van der Waals surface area contributed by atoms with Gasteiger partial charge < -0.3 is 10.5 Å². The van der Waals surface area contributed by atoms with Crippen molar-refractivity contribution in [2.45, 2.75) is 37.4 Å². The molecule has 1 unspecified atom stereocenters. The van der Waals surface area contributed by atoms with E-state index < -0.39 is 0 Å². The Labute approximate surface area is 107 Å². The minimum Gasteiger partial charge on any atom is -0.379 e. The average molecular weight is 252 g/mol. The van der Waals surface area contributed by atoms with Crippen LogP contribution in [0.2, 0.25) is 0 Å². The molecule has 3 rings (SSSR count). The third-order valence-electron chi connectivity index (χ3n) is 3.97. The Kier molecular flexibility index (Phi) is 3.21. The second kappa shape index (κ2) is 4.69. The fraction of sp³-hybridized carbons (Fsp3) is 0.692. The van der Waals surface area contributed by atoms with Crippen LogP contribution in [0.4, 0.5) is 0 Å². The Morgan fingerprint density at radius 2 is 2.41 bits per heavy atom. The minimum absolute atomic E-state index is 0.102. The average Bonchev–Trinajstić information content (AvgIpc) is 2.88. The van der Waals surface area contributed by atoms with Gasteiger partial charge in [0, 0.05) is 30.6 Å². The Balaban J connectivity index is 1.79. The van der Waals surface area contributed by atoms with Crippen LogP contribution in [0.15, 0.2) is 17.5 Å². The summed E-state index contributed by atoms with van der Waals surface area (Å²) in [6.45, 7) is 3.44. The summed E-state index contributed by atoms with van der Waals surface area (Å²) in [5.41, 5.74) is 6.15. The fourth-order valence-electron chi connectivity index (χ4n) is 2.74. The monoisotopic (exact) mass is 252 g/mol. The molecule has 0 bridgehead atoms. The molecule has 94 valence electrons. The molecule has 1 aromatic rings. The van der Waals surface area contributed by atoms with E-state index in [-0.39, 0.29) is 5.54 Å². The minimum atomic E-state index is 0.102. The zero-order chi connectivity index (χ0) is 11.7. The first kappa shape index (κ1) is 11.7. The molecule has 1 saturated carbocycles. The van der Waals surface area contributed by atoms with Gasteiger partial charge in [-0.3, -0.25) is 4.90 Å². The number of ether oxygens (including phenoxy) is 1. The third kappa shape index (κ3) is 2.27. The third-order valence-corrected chi connectivity index (χ3v) is 4.83. The molecule has 2 fully saturated rings. The SMILES string of the molecule is NCC1(N(Cc2cccs2)C2CC2)CCOC1. The topological polar surface area (TPSA) is 38.5 Å². The maximum atomic E-state index is 6.05. The van der Waals surface area contributed by atoms with Gasteiger partial charge >= 0.3 is 0 Å². The van der Waals surface area contributed by atoms with Crippen LogP contribution >= 0.6 is 11.3 Å². The maximum absolute atomic E-state index is 6.05. The summed E-state index contributed by atoms with van der Waals surface area (Å²) in [6, 6.07) is 5.09. The highest BCUT2D eigenvalue weighted by Crippen LogP contribution is 2.38. The van der Waals surface area contributed by atoms with Gasteiger partial charge in [0.2, 0.25) is 0 Å². The summed E-state index contributed by atoms with van der Waals surface area (Å²) in [5.74, 6) is 0. The predicted octanol–water partition coefficient (Wildman–Crippen LogP) is 1.83. The van der Waals surface area contributed by atoms with Crippen molar-refractivity contribution in [3.8, 4) is 0 Å². The number of thiophene rings is 1. The van der Waals surface area contributed by atoms with Crippen LogP contribution in [-0.2, 0) is 11.3 Å². The van der Waals surface area contributed by atoms with Crippen molar-refractivity contribution in [2.75, 3.05) is 19.8 Å². The first-order valence-electron chi connectivity index (χ1n) is 6.41. The Hall–Kier alpha value is -0.420. The summed E-state index contributed by atoms with van der Waals surface area (Å²) < 4.78 is 5.61. The second-order valence-corrected chi connectivity index (χ2v) is 6.20. The second-order valence-electron chi connectivity index (χ2n) is 5.17. The molecule has 3 nitrogen and oxygen atoms in total. The first-order valence-corrected chi connectivity index (χ1v) is 7.29. The highest BCUT2D eigenvalue weighted by Gasteiger charge is 2.45. The molecular weight excluding hydrogens is 232 g/mol. The van der Waals surface area contributed by atoms with Gasteiger partial charge in [-0.25, -0.2) is 0 Å². The van der Waals surface area contributed by atoms with Gasteiger partial charge in [0.1, 0.15) is 0 Å². The number of hydrogen-bond acceptors (Lipinski definition) is 4. The van der Waals surface area contributed by atoms with E-state index in [9.17, 15) is 0 Å². The Morgan fingerprint density at radius 1 is 1.53 bits per heavy atom. The lowest BCUT2D eigenvalue weighted by molar-refractivity contribution is 0.0589. The van der Waals surface area contributed by atoms with E-state index in [0.717, 1.165) is 38.8 Å². The van der Waals surface area contributed by atoms with Gasteiger partial charge in [-0.05, 0) is 30.7 Å². The molecule has 1 aromatic heterocycles. The summed E-state index contributed by atoms with van der Waals surface area (Å²) in [4.78, 5) is 4.06. The van der Waals surface area contributed by atoms with Gasteiger partial charge in [-0.15, -0.1) is 11.3 Å². The van der Waals surface area contributed by atoms with Gasteiger partial charge in [0.25, 0.3) is 0 Å². The smallest absolute Gasteiger partial charge is 0.0663 e. The van der Waals surface area contributed by atoms with E-state index in [1.54, 1.807) is 0 Å². The van der Waals surface area contributed by atoms with Crippen molar-refractivity contribution in [3.05, 3.63) is 22.4 Å². The first-order chi connectivity index (χ1) is 8.34. The number of nitrogens with two attached hydrogens (primary N) is 1. The molecule has 1 atom stereocenters. The van der Waals surface area contributed by atoms with Crippen molar-refractivity contribution in [3.63, 3.8) is 0 Å². The Bertz CT molecular complexity index is 356. The molecule has 2 heterocycles. The van der Waals surface area contributed by atoms with Crippen LogP contribution in [0.3, 0.4) is 0 Å². The molecule has 2 N–H and O–H groups in total. The van der Waals surface area contributed by atoms with Crippen LogP contribution in [0.1, 0.15) is 24.1 Å². The lowest BCUT2D eigenvalue weighted by atomic mass is 9.95. The quantitative estimate of drug-likeness (QED) is 0.869. The molecular formula is C13H20N2OS. The normalized spacial score (nSPS) is 29.1. The number of hydrogen-bond donors (Lipinski definition) is 1. The standard InChI is InChI=1S/C13H20N2OS/c14-9-13(5-6-16-10-13)15(11-3-4-11)8-12-2-1-7-17-12/h1-2,7,11H,3-6,8-10,14H2. The predicted molar refractivity (Wildman–Crippen MR) is 70.1 cm³/mol. The van der Waals surface area contributed by atoms with E-state index in [4.69, 9.17) is 10.5 Å². The molecule has 0 aromatic carbocycles. The lowest BCUT2D eigenvalue weighted by Crippen LogP contribution is -2.55. The number of nitrogens with zero attached hydrogens (tertiary/aromatic N) is 1. The summed E-state index contributed by atoms with van der Waals surface area (Å²) in [7, 11) is 0. The van der Waals surface area contributed by atoms with E-state index >= 15 is 0 Å². The van der Waals surface area contributed by atoms with E-state index in [2.05, 4.69) is 22.4 Å². The van der Waals surface area contributed by atoms with Crippen molar-refractivity contribution < 1.29 is 4.74 Å². The van der Waals surface area contributed by atoms with Crippen molar-refractivity contribution >= 4 is 11.3 Å². The van der Waals surface area contributed by atoms with E-state index in [0.29, 0.717) is 0 Å². The van der Waals surface area contributed by atoms with Crippen LogP contribution in [-0.4, -0.2) is 36.2 Å². The van der Waals surface area contributed by atoms with Crippen molar-refractivity contribution in [2.24, 2.45) is 5.73 Å². The molecule has 1 saturated heterocycles. The van der Waals surface area contributed by atoms with E-state index in [1.807, 2.05) is 11.3 Å². The largest absolute Gasteiger partial charge is 0.379 e. The van der Waals surface area contributed by atoms with Gasteiger partial charge in [0.05, 0.1) is 12.1 Å². The van der Waals surface area contributed by atoms with Crippen LogP contribution in [0.25, 0.3) is 0 Å². The molecule has 17 heavy (non-hydrogen) atoms. The summed E-state index contributed by atoms with van der Waals surface area (Å²) in [6.07, 6.45) is 3.74. The van der Waals surface area contributed by atoms with Gasteiger partial charge in [0.15, 0.2) is 0 Å². The Morgan fingerprint density at radius 3 is 2.94 bits per heavy atom. The molecule has 0 amide bonds. The molecule has 0 spiro atoms. The van der Waals surface area contributed by atoms with Crippen molar-refractivity contribution in [1.29, 1.82) is 0 Å². The number of rotatable bonds is 5. The van der Waals surface area contributed by atoms with Crippen LogP contribution < -0.4 is 5.73 Å². The summed E-state index contributed by atoms with van der Waals surface area (Å²) >= 11 is 1.84. The molecule has 1 aliphatic heterocycles. The summed E-state index contributed by atoms with van der Waals surface area (Å²) in [5, 5.41) is 2.15. The highest BCUT2D eigenvalue weighted by molar-refractivity contribution is 7.09. The van der Waals surface area contributed by atoms with Crippen molar-refractivity contribution in [1.82, 2.24) is 4.90 Å². The molecule has 2 aliphatic rings. The lowest BCUT2D eigenvalue weighted by Gasteiger charge is -2.39. The van der Waals surface area contributed by atoms with Gasteiger partial charge in [-0.2, -0.15) is 0 Å². The molecule has 1 aliphatic carbocycles. The van der Waals surface area contributed by atoms with Gasteiger partial charge in [-0.1, -0.05) is 6.07 Å².